The number of nitrogens with zero attached hydrogens (tertiary/aromatic N) is 5. The number of ether oxygens (including phenoxy) is 3. The number of benzene rings is 1. The summed E-state index contributed by atoms with van der Waals surface area (Å²) in [5.74, 6) is -6.52. The highest BCUT2D eigenvalue weighted by atomic mass is 19.4. The molecule has 1 aromatic carbocycles. The fourth-order valence-corrected chi connectivity index (χ4v) is 6.27. The number of fused-ring (bicyclic) bond motifs is 3. The standard InChI is InChI=1S/C31H26F5N5O6/c1-3-17-10-20(40-8-9-45-29(16(40)2)14-44-15-29)26(37-12-17)46-18-11-21(27(42)43)41(13-18)25-24-23(19-6-4-5-7-22(19)47-24)38-28(39-25)30(32,33)31(34,35)36/h1,4-7,10,12,16,18,21H,8-9,11,13-15H2,2H3,(H,42,43)/t16-,18-,21-/m0/s1. The fourth-order valence-electron chi connectivity index (χ4n) is 6.27. The Labute approximate surface area is 263 Å². The van der Waals surface area contributed by atoms with Crippen LogP contribution in [0.3, 0.4) is 0 Å². The van der Waals surface area contributed by atoms with Crippen LogP contribution in [0.2, 0.25) is 0 Å². The second-order valence-corrected chi connectivity index (χ2v) is 11.7. The molecular formula is C31H26F5N5O6. The van der Waals surface area contributed by atoms with Crippen LogP contribution >= 0.6 is 0 Å². The van der Waals surface area contributed by atoms with Gasteiger partial charge in [-0.25, -0.2) is 19.7 Å². The van der Waals surface area contributed by atoms with E-state index < -0.39 is 47.5 Å². The summed E-state index contributed by atoms with van der Waals surface area (Å²) in [4.78, 5) is 27.2. The summed E-state index contributed by atoms with van der Waals surface area (Å²) < 4.78 is 93.5. The molecule has 0 amide bonds. The summed E-state index contributed by atoms with van der Waals surface area (Å²) >= 11 is 0. The molecule has 11 nitrogen and oxygen atoms in total. The number of aliphatic carboxylic acids is 1. The molecule has 246 valence electrons. The Balaban J connectivity index is 1.28. The highest BCUT2D eigenvalue weighted by Gasteiger charge is 2.62. The maximum Gasteiger partial charge on any atom is 0.461 e. The molecule has 0 saturated carbocycles. The molecule has 0 unspecified atom stereocenters. The molecule has 0 radical (unpaired) electrons. The second kappa shape index (κ2) is 10.9. The summed E-state index contributed by atoms with van der Waals surface area (Å²) in [5.41, 5.74) is 0.0336. The lowest BCUT2D eigenvalue weighted by molar-refractivity contribution is -0.292. The molecule has 1 spiro atoms. The third kappa shape index (κ3) is 4.95. The van der Waals surface area contributed by atoms with E-state index in [-0.39, 0.29) is 47.0 Å². The van der Waals surface area contributed by atoms with Crippen molar-refractivity contribution in [2.75, 3.05) is 42.7 Å². The van der Waals surface area contributed by atoms with Crippen LogP contribution in [0.5, 0.6) is 5.88 Å². The van der Waals surface area contributed by atoms with Gasteiger partial charge in [0.15, 0.2) is 11.4 Å². The van der Waals surface area contributed by atoms with Crippen LogP contribution in [-0.4, -0.2) is 88.9 Å². The zero-order chi connectivity index (χ0) is 33.3. The molecule has 3 aliphatic rings. The van der Waals surface area contributed by atoms with Crippen molar-refractivity contribution in [2.45, 2.75) is 49.2 Å². The van der Waals surface area contributed by atoms with Gasteiger partial charge < -0.3 is 33.5 Å². The number of hydrogen-bond donors (Lipinski definition) is 1. The zero-order valence-corrected chi connectivity index (χ0v) is 24.6. The van der Waals surface area contributed by atoms with Gasteiger partial charge in [0.1, 0.15) is 34.5 Å². The molecule has 3 saturated heterocycles. The van der Waals surface area contributed by atoms with Gasteiger partial charge in [-0.1, -0.05) is 18.1 Å². The first kappa shape index (κ1) is 30.9. The number of carboxylic acid groups (broad SMARTS) is 1. The zero-order valence-electron chi connectivity index (χ0n) is 24.6. The minimum Gasteiger partial charge on any atom is -0.480 e. The van der Waals surface area contributed by atoms with Crippen molar-refractivity contribution < 1.29 is 50.5 Å². The molecular weight excluding hydrogens is 633 g/mol. The molecule has 47 heavy (non-hydrogen) atoms. The monoisotopic (exact) mass is 659 g/mol. The molecule has 3 fully saturated rings. The largest absolute Gasteiger partial charge is 0.480 e. The van der Waals surface area contributed by atoms with Gasteiger partial charge in [-0.3, -0.25) is 0 Å². The maximum absolute atomic E-state index is 14.7. The van der Waals surface area contributed by atoms with E-state index in [1.54, 1.807) is 12.1 Å². The number of carboxylic acids is 1. The first-order chi connectivity index (χ1) is 22.3. The van der Waals surface area contributed by atoms with Crippen molar-refractivity contribution in [1.29, 1.82) is 0 Å². The smallest absolute Gasteiger partial charge is 0.461 e. The van der Waals surface area contributed by atoms with E-state index in [0.29, 0.717) is 37.6 Å². The van der Waals surface area contributed by atoms with Crippen LogP contribution < -0.4 is 14.5 Å². The third-order valence-electron chi connectivity index (χ3n) is 8.89. The number of alkyl halides is 5. The van der Waals surface area contributed by atoms with E-state index in [4.69, 9.17) is 25.1 Å². The number of furan rings is 1. The van der Waals surface area contributed by atoms with E-state index in [1.807, 2.05) is 11.8 Å². The van der Waals surface area contributed by atoms with Gasteiger partial charge in [0, 0.05) is 30.1 Å². The van der Waals surface area contributed by atoms with E-state index in [0.717, 1.165) is 4.90 Å². The van der Waals surface area contributed by atoms with E-state index >= 15 is 0 Å². The SMILES string of the molecule is C#Cc1cnc(O[C@H]2C[C@@H](C(=O)O)N(c3nc(C(F)(F)C(F)(F)F)nc4c3oc3ccccc34)C2)c(N2CCOC3(COC3)[C@@H]2C)c1. The number of pyridine rings is 1. The Bertz CT molecular complexity index is 1920. The number of terminal acetylenes is 1. The summed E-state index contributed by atoms with van der Waals surface area (Å²) in [7, 11) is 0. The van der Waals surface area contributed by atoms with Crippen LogP contribution in [-0.2, 0) is 20.2 Å². The predicted molar refractivity (Wildman–Crippen MR) is 156 cm³/mol. The maximum atomic E-state index is 14.7. The van der Waals surface area contributed by atoms with Crippen molar-refractivity contribution in [1.82, 2.24) is 15.0 Å². The lowest BCUT2D eigenvalue weighted by Crippen LogP contribution is -2.68. The van der Waals surface area contributed by atoms with Crippen LogP contribution in [0, 0.1) is 12.3 Å². The molecule has 6 heterocycles. The van der Waals surface area contributed by atoms with Crippen molar-refractivity contribution in [2.24, 2.45) is 0 Å². The van der Waals surface area contributed by atoms with E-state index in [9.17, 15) is 31.9 Å². The summed E-state index contributed by atoms with van der Waals surface area (Å²) in [6.07, 6.45) is -0.0615. The lowest BCUT2D eigenvalue weighted by atomic mass is 9.90. The van der Waals surface area contributed by atoms with E-state index in [2.05, 4.69) is 20.9 Å². The number of hydrogen-bond acceptors (Lipinski definition) is 10. The number of anilines is 2. The van der Waals surface area contributed by atoms with Gasteiger partial charge in [-0.15, -0.1) is 6.42 Å². The Morgan fingerprint density at radius 1 is 1.17 bits per heavy atom. The second-order valence-electron chi connectivity index (χ2n) is 11.7. The molecule has 1 N–H and O–H groups in total. The number of halogens is 5. The summed E-state index contributed by atoms with van der Waals surface area (Å²) in [6.45, 7) is 3.33. The van der Waals surface area contributed by atoms with E-state index in [1.165, 1.54) is 24.4 Å². The minimum absolute atomic E-state index is 0.130. The minimum atomic E-state index is -6.02. The van der Waals surface area contributed by atoms with Crippen molar-refractivity contribution in [3.8, 4) is 18.2 Å². The molecule has 16 heteroatoms. The van der Waals surface area contributed by atoms with Crippen molar-refractivity contribution in [3.63, 3.8) is 0 Å². The summed E-state index contributed by atoms with van der Waals surface area (Å²) in [6, 6.07) is 6.13. The van der Waals surface area contributed by atoms with Crippen LogP contribution in [0.25, 0.3) is 22.1 Å². The number of morpholine rings is 1. The fraction of sp³-hybridized carbons (Fsp3) is 0.419. The average Bonchev–Trinajstić information content (AvgIpc) is 3.61. The third-order valence-corrected chi connectivity index (χ3v) is 8.89. The van der Waals surface area contributed by atoms with Gasteiger partial charge in [0.2, 0.25) is 11.7 Å². The predicted octanol–water partition coefficient (Wildman–Crippen LogP) is 4.51. The Kier molecular flexibility index (Phi) is 7.17. The lowest BCUT2D eigenvalue weighted by Gasteiger charge is -2.53. The molecule has 3 aromatic heterocycles. The van der Waals surface area contributed by atoms with Gasteiger partial charge >= 0.3 is 18.1 Å². The summed E-state index contributed by atoms with van der Waals surface area (Å²) in [5, 5.41) is 10.3. The normalized spacial score (nSPS) is 22.9. The van der Waals surface area contributed by atoms with Crippen LogP contribution in [0.4, 0.5) is 33.5 Å². The molecule has 3 atom stereocenters. The van der Waals surface area contributed by atoms with Crippen LogP contribution in [0.1, 0.15) is 24.7 Å². The van der Waals surface area contributed by atoms with Gasteiger partial charge in [-0.05, 0) is 25.1 Å². The molecule has 0 bridgehead atoms. The highest BCUT2D eigenvalue weighted by molar-refractivity contribution is 6.06. The molecule has 7 rings (SSSR count). The van der Waals surface area contributed by atoms with Gasteiger partial charge in [0.25, 0.3) is 0 Å². The quantitative estimate of drug-likeness (QED) is 0.232. The number of carbonyl (C=O) groups is 1. The Hall–Kier alpha value is -4.75. The number of rotatable bonds is 6. The Morgan fingerprint density at radius 2 is 1.94 bits per heavy atom. The average molecular weight is 660 g/mol. The van der Waals surface area contributed by atoms with Crippen molar-refractivity contribution in [3.05, 3.63) is 47.9 Å². The topological polar surface area (TPSA) is 123 Å². The molecule has 3 aliphatic heterocycles. The van der Waals surface area contributed by atoms with Gasteiger partial charge in [0.05, 0.1) is 32.4 Å². The molecule has 4 aromatic rings. The van der Waals surface area contributed by atoms with Crippen molar-refractivity contribution >= 4 is 39.5 Å². The first-order valence-corrected chi connectivity index (χ1v) is 14.6. The van der Waals surface area contributed by atoms with Crippen LogP contribution in [0.15, 0.2) is 40.9 Å². The number of para-hydroxylation sites is 1. The Morgan fingerprint density at radius 3 is 2.62 bits per heavy atom. The number of aromatic nitrogens is 3. The van der Waals surface area contributed by atoms with Gasteiger partial charge in [-0.2, -0.15) is 22.0 Å². The first-order valence-electron chi connectivity index (χ1n) is 14.6. The molecule has 0 aliphatic carbocycles. The highest BCUT2D eigenvalue weighted by Crippen LogP contribution is 2.46.